The molecule has 2 aliphatic rings. The molecule has 0 saturated carbocycles. The molecule has 3 heterocycles. The lowest BCUT2D eigenvalue weighted by Gasteiger charge is -2.44. The summed E-state index contributed by atoms with van der Waals surface area (Å²) in [6.45, 7) is 0. The molecule has 0 radical (unpaired) electrons. The highest BCUT2D eigenvalue weighted by Gasteiger charge is 2.52. The number of benzene rings is 8. The molecule has 0 atom stereocenters. The lowest BCUT2D eigenvalue weighted by Crippen LogP contribution is -2.36. The predicted molar refractivity (Wildman–Crippen MR) is 235 cm³/mol. The Morgan fingerprint density at radius 1 is 0.386 bits per heavy atom. The Bertz CT molecular complexity index is 3100. The van der Waals surface area contributed by atoms with Gasteiger partial charge in [0.1, 0.15) is 0 Å². The zero-order chi connectivity index (χ0) is 37.5. The van der Waals surface area contributed by atoms with Gasteiger partial charge in [-0.25, -0.2) is 4.98 Å². The van der Waals surface area contributed by atoms with Crippen LogP contribution >= 0.6 is 11.3 Å². The number of fused-ring (bicyclic) bond motifs is 12. The second-order valence-corrected chi connectivity index (χ2v) is 15.8. The Hall–Kier alpha value is -7.21. The molecule has 8 aromatic carbocycles. The summed E-state index contributed by atoms with van der Waals surface area (Å²) < 4.78 is 2.57. The first-order valence-corrected chi connectivity index (χ1v) is 20.1. The van der Waals surface area contributed by atoms with Crippen LogP contribution < -0.4 is 4.90 Å². The van der Waals surface area contributed by atoms with Gasteiger partial charge in [0.25, 0.3) is 0 Å². The van der Waals surface area contributed by atoms with Crippen LogP contribution in [0.5, 0.6) is 0 Å². The van der Waals surface area contributed by atoms with Crippen LogP contribution in [0.25, 0.3) is 65.2 Å². The largest absolute Gasteiger partial charge is 0.278 e. The third-order valence-electron chi connectivity index (χ3n) is 11.7. The molecule has 0 N–H and O–H groups in total. The van der Waals surface area contributed by atoms with E-state index >= 15 is 0 Å². The first kappa shape index (κ1) is 32.1. The van der Waals surface area contributed by atoms with Crippen LogP contribution in [-0.4, -0.2) is 15.0 Å². The average Bonchev–Trinajstić information content (AvgIpc) is 3.81. The fraction of sp³-hybridized carbons (Fsp3) is 0.0192. The maximum atomic E-state index is 5.34. The van der Waals surface area contributed by atoms with E-state index < -0.39 is 5.41 Å². The summed E-state index contributed by atoms with van der Waals surface area (Å²) in [6.07, 6.45) is 0. The van der Waals surface area contributed by atoms with Gasteiger partial charge in [-0.3, -0.25) is 4.90 Å². The summed E-state index contributed by atoms with van der Waals surface area (Å²) in [5.74, 6) is 1.83. The molecular weight excluding hydrogens is 713 g/mol. The van der Waals surface area contributed by atoms with Crippen molar-refractivity contribution in [2.24, 2.45) is 0 Å². The quantitative estimate of drug-likeness (QED) is 0.180. The van der Waals surface area contributed by atoms with Crippen molar-refractivity contribution < 1.29 is 0 Å². The molecule has 1 aliphatic heterocycles. The minimum absolute atomic E-state index is 0.572. The topological polar surface area (TPSA) is 41.9 Å². The van der Waals surface area contributed by atoms with Crippen LogP contribution in [0.3, 0.4) is 0 Å². The van der Waals surface area contributed by atoms with Crippen molar-refractivity contribution in [2.75, 3.05) is 4.90 Å². The van der Waals surface area contributed by atoms with E-state index in [2.05, 4.69) is 163 Å². The predicted octanol–water partition coefficient (Wildman–Crippen LogP) is 13.4. The third kappa shape index (κ3) is 4.64. The normalized spacial score (nSPS) is 13.4. The average molecular weight is 745 g/mol. The van der Waals surface area contributed by atoms with Crippen LogP contribution in [0, 0.1) is 0 Å². The highest BCUT2D eigenvalue weighted by atomic mass is 32.1. The number of rotatable bonds is 4. The molecule has 0 amide bonds. The SMILES string of the molecule is c1ccc(-c2nc(-c3ccccc3)nc(N3c4ccccc4C4(c5ccccc5-c5ccccc54)c4ccc(-c5cccc6c5sc5ccccc56)cc43)n2)cc1. The molecule has 2 aromatic heterocycles. The number of aromatic nitrogens is 3. The summed E-state index contributed by atoms with van der Waals surface area (Å²) in [7, 11) is 0. The molecule has 1 spiro atoms. The van der Waals surface area contributed by atoms with E-state index in [0.29, 0.717) is 17.6 Å². The summed E-state index contributed by atoms with van der Waals surface area (Å²) >= 11 is 1.86. The van der Waals surface area contributed by atoms with Gasteiger partial charge in [-0.15, -0.1) is 11.3 Å². The van der Waals surface area contributed by atoms with E-state index in [1.807, 2.05) is 47.7 Å². The first-order valence-electron chi connectivity index (χ1n) is 19.3. The van der Waals surface area contributed by atoms with Crippen molar-refractivity contribution in [1.82, 2.24) is 15.0 Å². The lowest BCUT2D eigenvalue weighted by molar-refractivity contribution is 0.749. The monoisotopic (exact) mass is 744 g/mol. The van der Waals surface area contributed by atoms with Gasteiger partial charge < -0.3 is 0 Å². The number of nitrogens with zero attached hydrogens (tertiary/aromatic N) is 4. The molecule has 57 heavy (non-hydrogen) atoms. The van der Waals surface area contributed by atoms with Gasteiger partial charge in [0.05, 0.1) is 16.8 Å². The molecule has 266 valence electrons. The standard InChI is InChI=1S/C52H32N4S/c1-3-16-33(17-4-1)49-53-50(34-18-5-2-6-19-34)55-51(54-49)56-45-28-13-12-27-43(45)52(41-25-10-7-20-37(41)38-21-8-11-26-42(38)52)44-31-30-35(32-46(44)56)36-23-15-24-40-39-22-9-14-29-47(39)57-48(36)40/h1-32H. The van der Waals surface area contributed by atoms with E-state index in [4.69, 9.17) is 15.0 Å². The maximum absolute atomic E-state index is 5.34. The van der Waals surface area contributed by atoms with Gasteiger partial charge in [0.2, 0.25) is 5.95 Å². The van der Waals surface area contributed by atoms with Crippen LogP contribution in [0.4, 0.5) is 17.3 Å². The smallest absolute Gasteiger partial charge is 0.238 e. The summed E-state index contributed by atoms with van der Waals surface area (Å²) in [6, 6.07) is 69.7. The van der Waals surface area contributed by atoms with Crippen LogP contribution in [-0.2, 0) is 5.41 Å². The van der Waals surface area contributed by atoms with Gasteiger partial charge >= 0.3 is 0 Å². The van der Waals surface area contributed by atoms with Gasteiger partial charge in [0.15, 0.2) is 11.6 Å². The van der Waals surface area contributed by atoms with Gasteiger partial charge in [0, 0.05) is 31.3 Å². The van der Waals surface area contributed by atoms with Crippen molar-refractivity contribution in [1.29, 1.82) is 0 Å². The fourth-order valence-corrected chi connectivity index (χ4v) is 10.6. The Morgan fingerprint density at radius 3 is 1.63 bits per heavy atom. The number of anilines is 3. The van der Waals surface area contributed by atoms with E-state index in [-0.39, 0.29) is 0 Å². The molecule has 0 unspecified atom stereocenters. The number of thiophene rings is 1. The van der Waals surface area contributed by atoms with Crippen molar-refractivity contribution >= 4 is 48.8 Å². The van der Waals surface area contributed by atoms with Gasteiger partial charge in [-0.05, 0) is 62.7 Å². The Labute approximate surface area is 334 Å². The van der Waals surface area contributed by atoms with Crippen LogP contribution in [0.15, 0.2) is 194 Å². The van der Waals surface area contributed by atoms with E-state index in [0.717, 1.165) is 28.1 Å². The second kappa shape index (κ2) is 12.4. The minimum Gasteiger partial charge on any atom is -0.278 e. The Kier molecular flexibility index (Phi) is 6.98. The van der Waals surface area contributed by atoms with Crippen molar-refractivity contribution in [3.63, 3.8) is 0 Å². The third-order valence-corrected chi connectivity index (χ3v) is 13.0. The highest BCUT2D eigenvalue weighted by molar-refractivity contribution is 7.26. The molecule has 12 rings (SSSR count). The molecule has 5 heteroatoms. The number of hydrogen-bond acceptors (Lipinski definition) is 5. The van der Waals surface area contributed by atoms with Gasteiger partial charge in [-0.1, -0.05) is 176 Å². The zero-order valence-electron chi connectivity index (χ0n) is 30.7. The Morgan fingerprint density at radius 2 is 0.930 bits per heavy atom. The van der Waals surface area contributed by atoms with Crippen LogP contribution in [0.1, 0.15) is 22.3 Å². The van der Waals surface area contributed by atoms with Crippen molar-refractivity contribution in [2.45, 2.75) is 5.41 Å². The van der Waals surface area contributed by atoms with Crippen LogP contribution in [0.2, 0.25) is 0 Å². The molecule has 10 aromatic rings. The van der Waals surface area contributed by atoms with Crippen molar-refractivity contribution in [3.8, 4) is 45.0 Å². The molecule has 1 aliphatic carbocycles. The second-order valence-electron chi connectivity index (χ2n) is 14.7. The maximum Gasteiger partial charge on any atom is 0.238 e. The minimum atomic E-state index is -0.574. The summed E-state index contributed by atoms with van der Waals surface area (Å²) in [5.41, 5.74) is 13.2. The van der Waals surface area contributed by atoms with Gasteiger partial charge in [-0.2, -0.15) is 9.97 Å². The summed E-state index contributed by atoms with van der Waals surface area (Å²) in [4.78, 5) is 18.1. The molecule has 0 fully saturated rings. The lowest BCUT2D eigenvalue weighted by atomic mass is 9.64. The highest BCUT2D eigenvalue weighted by Crippen LogP contribution is 2.63. The van der Waals surface area contributed by atoms with Crippen molar-refractivity contribution in [3.05, 3.63) is 216 Å². The van der Waals surface area contributed by atoms with E-state index in [1.165, 1.54) is 59.1 Å². The molecular formula is C52H32N4S. The fourth-order valence-electron chi connectivity index (χ4n) is 9.36. The molecule has 0 saturated heterocycles. The first-order chi connectivity index (χ1) is 28.3. The Balaban J connectivity index is 1.19. The number of para-hydroxylation sites is 1. The van der Waals surface area contributed by atoms with E-state index in [9.17, 15) is 0 Å². The number of hydrogen-bond donors (Lipinski definition) is 0. The molecule has 4 nitrogen and oxygen atoms in total. The van der Waals surface area contributed by atoms with E-state index in [1.54, 1.807) is 0 Å². The zero-order valence-corrected chi connectivity index (χ0v) is 31.5. The molecule has 0 bridgehead atoms. The summed E-state index contributed by atoms with van der Waals surface area (Å²) in [5, 5.41) is 2.57.